The van der Waals surface area contributed by atoms with Crippen LogP contribution in [0.15, 0.2) is 12.1 Å². The molecular formula is C13H22N4O. The van der Waals surface area contributed by atoms with Crippen molar-refractivity contribution in [1.29, 1.82) is 0 Å². The van der Waals surface area contributed by atoms with Crippen LogP contribution in [0.5, 0.6) is 0 Å². The molecule has 0 fully saturated rings. The van der Waals surface area contributed by atoms with Gasteiger partial charge in [-0.1, -0.05) is 13.8 Å². The summed E-state index contributed by atoms with van der Waals surface area (Å²) >= 11 is 0. The highest BCUT2D eigenvalue weighted by atomic mass is 16.2. The predicted molar refractivity (Wildman–Crippen MR) is 72.6 cm³/mol. The van der Waals surface area contributed by atoms with Crippen LogP contribution in [-0.4, -0.2) is 28.2 Å². The Morgan fingerprint density at radius 3 is 2.39 bits per heavy atom. The summed E-state index contributed by atoms with van der Waals surface area (Å²) in [5, 5.41) is 13.9. The van der Waals surface area contributed by atoms with Crippen LogP contribution in [0.2, 0.25) is 0 Å². The van der Waals surface area contributed by atoms with Crippen molar-refractivity contribution in [2.75, 3.05) is 11.9 Å². The van der Waals surface area contributed by atoms with Crippen molar-refractivity contribution in [2.45, 2.75) is 40.2 Å². The molecule has 1 rings (SSSR count). The van der Waals surface area contributed by atoms with E-state index in [0.29, 0.717) is 17.4 Å². The van der Waals surface area contributed by atoms with Gasteiger partial charge < -0.3 is 10.6 Å². The van der Waals surface area contributed by atoms with Gasteiger partial charge in [-0.05, 0) is 38.8 Å². The zero-order chi connectivity index (χ0) is 13.8. The fraction of sp³-hybridized carbons (Fsp3) is 0.615. The van der Waals surface area contributed by atoms with Gasteiger partial charge in [-0.15, -0.1) is 10.2 Å². The number of nitrogens with one attached hydrogen (secondary N) is 2. The van der Waals surface area contributed by atoms with Gasteiger partial charge in [0.1, 0.15) is 5.82 Å². The molecule has 0 saturated heterocycles. The van der Waals surface area contributed by atoms with Crippen molar-refractivity contribution < 1.29 is 4.79 Å². The molecule has 2 N–H and O–H groups in total. The average Bonchev–Trinajstić information content (AvgIpc) is 2.24. The van der Waals surface area contributed by atoms with Crippen molar-refractivity contribution in [3.8, 4) is 0 Å². The number of hydrogen-bond donors (Lipinski definition) is 2. The number of aromatic nitrogens is 2. The number of anilines is 1. The summed E-state index contributed by atoms with van der Waals surface area (Å²) in [5.41, 5.74) is 0.0628. The molecule has 0 aliphatic heterocycles. The molecule has 100 valence electrons. The maximum atomic E-state index is 11.8. The first-order valence-corrected chi connectivity index (χ1v) is 6.18. The molecule has 1 aromatic heterocycles. The van der Waals surface area contributed by atoms with Gasteiger partial charge in [-0.25, -0.2) is 0 Å². The Bertz CT molecular complexity index is 392. The van der Waals surface area contributed by atoms with E-state index in [9.17, 15) is 4.79 Å². The predicted octanol–water partition coefficient (Wildman–Crippen LogP) is 2.07. The maximum absolute atomic E-state index is 11.8. The zero-order valence-corrected chi connectivity index (χ0v) is 11.7. The molecule has 0 spiro atoms. The molecule has 0 atom stereocenters. The second-order valence-electron chi connectivity index (χ2n) is 5.78. The lowest BCUT2D eigenvalue weighted by atomic mass is 10.1. The van der Waals surface area contributed by atoms with Crippen LogP contribution in [0.4, 0.5) is 5.82 Å². The van der Waals surface area contributed by atoms with Gasteiger partial charge in [-0.2, -0.15) is 0 Å². The van der Waals surface area contributed by atoms with Crippen LogP contribution in [0.25, 0.3) is 0 Å². The third kappa shape index (κ3) is 5.12. The summed E-state index contributed by atoms with van der Waals surface area (Å²) in [6.45, 7) is 10.9. The van der Waals surface area contributed by atoms with E-state index in [4.69, 9.17) is 0 Å². The highest BCUT2D eigenvalue weighted by molar-refractivity contribution is 5.92. The first-order valence-electron chi connectivity index (χ1n) is 6.18. The van der Waals surface area contributed by atoms with E-state index in [2.05, 4.69) is 34.7 Å². The second-order valence-corrected chi connectivity index (χ2v) is 5.78. The first kappa shape index (κ1) is 14.4. The van der Waals surface area contributed by atoms with E-state index in [-0.39, 0.29) is 11.4 Å². The van der Waals surface area contributed by atoms with E-state index in [0.717, 1.165) is 6.54 Å². The van der Waals surface area contributed by atoms with Crippen LogP contribution in [-0.2, 0) is 0 Å². The van der Waals surface area contributed by atoms with Gasteiger partial charge in [0.25, 0.3) is 5.91 Å². The van der Waals surface area contributed by atoms with E-state index in [1.807, 2.05) is 20.8 Å². The van der Waals surface area contributed by atoms with Crippen molar-refractivity contribution >= 4 is 11.7 Å². The number of amides is 1. The Morgan fingerprint density at radius 2 is 1.94 bits per heavy atom. The Hall–Kier alpha value is -1.65. The number of rotatable bonds is 4. The minimum atomic E-state index is -0.271. The van der Waals surface area contributed by atoms with Crippen LogP contribution in [0, 0.1) is 5.92 Å². The van der Waals surface area contributed by atoms with Crippen LogP contribution in [0.1, 0.15) is 45.1 Å². The Labute approximate surface area is 108 Å². The first-order chi connectivity index (χ1) is 8.28. The standard InChI is InChI=1S/C13H22N4O/c1-9(2)8-14-11-7-6-10(16-17-11)12(18)15-13(3,4)5/h6-7,9H,8H2,1-5H3,(H,14,17)(H,15,18). The Kier molecular flexibility index (Phi) is 4.64. The van der Waals surface area contributed by atoms with Crippen molar-refractivity contribution in [3.05, 3.63) is 17.8 Å². The zero-order valence-electron chi connectivity index (χ0n) is 11.7. The minimum Gasteiger partial charge on any atom is -0.368 e. The van der Waals surface area contributed by atoms with Gasteiger partial charge in [0.05, 0.1) is 0 Å². The van der Waals surface area contributed by atoms with E-state index >= 15 is 0 Å². The molecule has 0 aliphatic carbocycles. The van der Waals surface area contributed by atoms with Gasteiger partial charge in [0.15, 0.2) is 5.69 Å². The van der Waals surface area contributed by atoms with Gasteiger partial charge in [0.2, 0.25) is 0 Å². The summed E-state index contributed by atoms with van der Waals surface area (Å²) in [6.07, 6.45) is 0. The number of carbonyl (C=O) groups excluding carboxylic acids is 1. The Morgan fingerprint density at radius 1 is 1.28 bits per heavy atom. The third-order valence-electron chi connectivity index (χ3n) is 2.08. The fourth-order valence-electron chi connectivity index (χ4n) is 1.26. The highest BCUT2D eigenvalue weighted by Crippen LogP contribution is 2.05. The molecule has 1 aromatic rings. The molecule has 18 heavy (non-hydrogen) atoms. The maximum Gasteiger partial charge on any atom is 0.272 e. The Balaban J connectivity index is 2.62. The average molecular weight is 250 g/mol. The molecule has 5 heteroatoms. The van der Waals surface area contributed by atoms with Crippen molar-refractivity contribution in [2.24, 2.45) is 5.92 Å². The van der Waals surface area contributed by atoms with Crippen LogP contribution < -0.4 is 10.6 Å². The fourth-order valence-corrected chi connectivity index (χ4v) is 1.26. The van der Waals surface area contributed by atoms with Crippen LogP contribution in [0.3, 0.4) is 0 Å². The monoisotopic (exact) mass is 250 g/mol. The SMILES string of the molecule is CC(C)CNc1ccc(C(=O)NC(C)(C)C)nn1. The molecule has 0 aliphatic rings. The number of hydrogen-bond acceptors (Lipinski definition) is 4. The normalized spacial score (nSPS) is 11.4. The molecule has 1 amide bonds. The smallest absolute Gasteiger partial charge is 0.272 e. The van der Waals surface area contributed by atoms with Crippen molar-refractivity contribution in [1.82, 2.24) is 15.5 Å². The lowest BCUT2D eigenvalue weighted by Crippen LogP contribution is -2.41. The van der Waals surface area contributed by atoms with E-state index in [1.54, 1.807) is 12.1 Å². The summed E-state index contributed by atoms with van der Waals surface area (Å²) in [5.74, 6) is 1.03. The lowest BCUT2D eigenvalue weighted by Gasteiger charge is -2.19. The second kappa shape index (κ2) is 5.80. The summed E-state index contributed by atoms with van der Waals surface area (Å²) in [4.78, 5) is 11.8. The van der Waals surface area contributed by atoms with Gasteiger partial charge in [-0.3, -0.25) is 4.79 Å². The van der Waals surface area contributed by atoms with Crippen LogP contribution >= 0.6 is 0 Å². The quantitative estimate of drug-likeness (QED) is 0.858. The molecule has 0 radical (unpaired) electrons. The molecule has 1 heterocycles. The minimum absolute atomic E-state index is 0.203. The molecule has 0 unspecified atom stereocenters. The molecule has 0 bridgehead atoms. The lowest BCUT2D eigenvalue weighted by molar-refractivity contribution is 0.0913. The molecule has 0 aromatic carbocycles. The third-order valence-corrected chi connectivity index (χ3v) is 2.08. The number of nitrogens with zero attached hydrogens (tertiary/aromatic N) is 2. The topological polar surface area (TPSA) is 66.9 Å². The van der Waals surface area contributed by atoms with Crippen molar-refractivity contribution in [3.63, 3.8) is 0 Å². The van der Waals surface area contributed by atoms with E-state index in [1.165, 1.54) is 0 Å². The van der Waals surface area contributed by atoms with E-state index < -0.39 is 0 Å². The molecule has 0 saturated carbocycles. The highest BCUT2D eigenvalue weighted by Gasteiger charge is 2.16. The van der Waals surface area contributed by atoms with Gasteiger partial charge >= 0.3 is 0 Å². The summed E-state index contributed by atoms with van der Waals surface area (Å²) in [7, 11) is 0. The molecule has 5 nitrogen and oxygen atoms in total. The summed E-state index contributed by atoms with van der Waals surface area (Å²) < 4.78 is 0. The molecular weight excluding hydrogens is 228 g/mol. The summed E-state index contributed by atoms with van der Waals surface area (Å²) in [6, 6.07) is 3.45. The van der Waals surface area contributed by atoms with Gasteiger partial charge in [0, 0.05) is 12.1 Å². The largest absolute Gasteiger partial charge is 0.368 e. The number of carbonyl (C=O) groups is 1.